The lowest BCUT2D eigenvalue weighted by Crippen LogP contribution is -2.51. The number of carboxylic acids is 1. The number of fused-ring (bicyclic) bond motifs is 7. The van der Waals surface area contributed by atoms with E-state index in [0.717, 1.165) is 72.5 Å². The van der Waals surface area contributed by atoms with E-state index in [1.165, 1.54) is 37.0 Å². The molecule has 3 fully saturated rings. The van der Waals surface area contributed by atoms with Crippen molar-refractivity contribution in [2.24, 2.45) is 5.41 Å². The number of nitrogens with one attached hydrogen (secondary N) is 1. The number of carbonyl (C=O) groups excluding carboxylic acids is 2. The summed E-state index contributed by atoms with van der Waals surface area (Å²) in [6, 6.07) is 12.1. The molecule has 2 amide bonds. The van der Waals surface area contributed by atoms with Crippen LogP contribution in [0.3, 0.4) is 0 Å². The van der Waals surface area contributed by atoms with E-state index in [0.29, 0.717) is 37.5 Å². The lowest BCUT2D eigenvalue weighted by molar-refractivity contribution is -0.144. The van der Waals surface area contributed by atoms with Gasteiger partial charge < -0.3 is 24.0 Å². The van der Waals surface area contributed by atoms with E-state index in [-0.39, 0.29) is 17.9 Å². The molecule has 0 spiro atoms. The molecule has 11 nitrogen and oxygen atoms in total. The summed E-state index contributed by atoms with van der Waals surface area (Å²) < 4.78 is 18.4. The van der Waals surface area contributed by atoms with Crippen LogP contribution in [0.4, 0.5) is 4.79 Å². The molecule has 0 bridgehead atoms. The van der Waals surface area contributed by atoms with E-state index in [4.69, 9.17) is 9.47 Å². The zero-order chi connectivity index (χ0) is 36.1. The van der Waals surface area contributed by atoms with Crippen molar-refractivity contribution < 1.29 is 29.0 Å². The van der Waals surface area contributed by atoms with Crippen molar-refractivity contribution in [2.75, 3.05) is 53.4 Å². The van der Waals surface area contributed by atoms with Gasteiger partial charge in [-0.05, 0) is 94.5 Å². The fourth-order valence-corrected chi connectivity index (χ4v) is 8.94. The third-order valence-corrected chi connectivity index (χ3v) is 12.0. The van der Waals surface area contributed by atoms with Crippen LogP contribution < -0.4 is 9.46 Å². The number of carbonyl (C=O) groups is 3. The Labute approximate surface area is 304 Å². The van der Waals surface area contributed by atoms with Crippen LogP contribution in [-0.4, -0.2) is 101 Å². The van der Waals surface area contributed by atoms with Crippen molar-refractivity contribution >= 4 is 41.0 Å². The number of hydrogen-bond acceptors (Lipinski definition) is 8. The van der Waals surface area contributed by atoms with Gasteiger partial charge in [-0.2, -0.15) is 0 Å². The topological polar surface area (TPSA) is 117 Å². The molecule has 2 aliphatic heterocycles. The second kappa shape index (κ2) is 14.0. The van der Waals surface area contributed by atoms with Gasteiger partial charge in [0.05, 0.1) is 18.2 Å². The molecule has 0 radical (unpaired) electrons. The van der Waals surface area contributed by atoms with Crippen molar-refractivity contribution in [1.82, 2.24) is 23.4 Å². The molecule has 12 heteroatoms. The standard InChI is InChI=1S/C39H51N5O6S/c1-38(2,3)50-37(48)43-19-17-42(18-20-43)16-15-41(4)51-40-35(45)26-11-13-29-32(21-26)44-24-39(36(46)47)23-31(39)30-22-27(49-5)12-14-28(30)34(44)33(29)25-9-7-6-8-10-25/h11-14,21-22,25,31H,6-10,15-20,23-24H2,1-5H3,(H,40,45)(H,46,47). The molecule has 2 saturated carbocycles. The van der Waals surface area contributed by atoms with Crippen LogP contribution >= 0.6 is 12.1 Å². The molecule has 2 N–H and O–H groups in total. The fourth-order valence-electron chi connectivity index (χ4n) is 8.41. The van der Waals surface area contributed by atoms with Gasteiger partial charge in [-0.25, -0.2) is 9.10 Å². The number of aliphatic carboxylic acids is 1. The Hall–Kier alpha value is -3.74. The summed E-state index contributed by atoms with van der Waals surface area (Å²) in [6.45, 7) is 10.4. The summed E-state index contributed by atoms with van der Waals surface area (Å²) in [4.78, 5) is 43.0. The molecule has 2 aliphatic carbocycles. The molecule has 7 rings (SSSR count). The number of hydrogen-bond donors (Lipinski definition) is 2. The largest absolute Gasteiger partial charge is 0.497 e. The highest BCUT2D eigenvalue weighted by molar-refractivity contribution is 7.95. The van der Waals surface area contributed by atoms with E-state index in [2.05, 4.69) is 26.3 Å². The normalized spacial score (nSPS) is 22.2. The molecular weight excluding hydrogens is 667 g/mol. The average molecular weight is 718 g/mol. The summed E-state index contributed by atoms with van der Waals surface area (Å²) in [6.07, 6.45) is 6.14. The molecule has 4 aliphatic rings. The highest BCUT2D eigenvalue weighted by Crippen LogP contribution is 2.65. The number of ether oxygens (including phenoxy) is 2. The molecule has 1 aromatic heterocycles. The number of methoxy groups -OCH3 is 1. The molecule has 3 heterocycles. The maximum Gasteiger partial charge on any atom is 0.410 e. The quantitative estimate of drug-likeness (QED) is 0.233. The third kappa shape index (κ3) is 7.06. The maximum absolute atomic E-state index is 13.6. The minimum atomic E-state index is -0.888. The van der Waals surface area contributed by atoms with Crippen LogP contribution in [0.5, 0.6) is 5.75 Å². The zero-order valence-corrected chi connectivity index (χ0v) is 31.3. The monoisotopic (exact) mass is 717 g/mol. The van der Waals surface area contributed by atoms with Gasteiger partial charge in [0.15, 0.2) is 0 Å². The van der Waals surface area contributed by atoms with Crippen LogP contribution in [-0.2, 0) is 16.1 Å². The summed E-state index contributed by atoms with van der Waals surface area (Å²) in [5, 5.41) is 11.7. The van der Waals surface area contributed by atoms with E-state index in [9.17, 15) is 19.5 Å². The van der Waals surface area contributed by atoms with E-state index < -0.39 is 17.0 Å². The van der Waals surface area contributed by atoms with Crippen molar-refractivity contribution in [3.8, 4) is 17.0 Å². The van der Waals surface area contributed by atoms with Gasteiger partial charge in [0.2, 0.25) is 0 Å². The molecule has 3 aromatic rings. The number of nitrogens with zero attached hydrogens (tertiary/aromatic N) is 4. The second-order valence-corrected chi connectivity index (χ2v) is 16.8. The Morgan fingerprint density at radius 2 is 1.78 bits per heavy atom. The lowest BCUT2D eigenvalue weighted by atomic mass is 9.81. The second-order valence-electron chi connectivity index (χ2n) is 15.8. The van der Waals surface area contributed by atoms with Gasteiger partial charge in [0.25, 0.3) is 5.91 Å². The number of carboxylic acid groups (broad SMARTS) is 1. The minimum absolute atomic E-state index is 0.0819. The predicted octanol–water partition coefficient (Wildman–Crippen LogP) is 6.71. The van der Waals surface area contributed by atoms with Gasteiger partial charge >= 0.3 is 12.1 Å². The summed E-state index contributed by atoms with van der Waals surface area (Å²) in [7, 11) is 3.61. The van der Waals surface area contributed by atoms with Crippen molar-refractivity contribution in [3.63, 3.8) is 0 Å². The van der Waals surface area contributed by atoms with Gasteiger partial charge in [0, 0.05) is 85.9 Å². The van der Waals surface area contributed by atoms with Gasteiger partial charge in [-0.1, -0.05) is 25.3 Å². The summed E-state index contributed by atoms with van der Waals surface area (Å²) >= 11 is 1.28. The number of rotatable bonds is 9. The molecule has 274 valence electrons. The Bertz CT molecular complexity index is 1820. The molecule has 2 unspecified atom stereocenters. The van der Waals surface area contributed by atoms with Gasteiger partial charge in [-0.15, -0.1) is 0 Å². The average Bonchev–Trinajstić information content (AvgIpc) is 3.79. The maximum atomic E-state index is 13.6. The first kappa shape index (κ1) is 35.7. The van der Waals surface area contributed by atoms with Crippen molar-refractivity contribution in [1.29, 1.82) is 0 Å². The molecule has 2 atom stereocenters. The number of likely N-dealkylation sites (N-methyl/N-ethyl adjacent to an activating group) is 1. The van der Waals surface area contributed by atoms with Crippen LogP contribution in [0.25, 0.3) is 22.2 Å². The highest BCUT2D eigenvalue weighted by Gasteiger charge is 2.63. The summed E-state index contributed by atoms with van der Waals surface area (Å²) in [5.74, 6) is 0.0817. The van der Waals surface area contributed by atoms with E-state index >= 15 is 0 Å². The number of benzene rings is 2. The van der Waals surface area contributed by atoms with E-state index in [1.807, 2.05) is 56.4 Å². The highest BCUT2D eigenvalue weighted by atomic mass is 32.2. The van der Waals surface area contributed by atoms with Gasteiger partial charge in [-0.3, -0.25) is 19.2 Å². The molecular formula is C39H51N5O6S. The third-order valence-electron chi connectivity index (χ3n) is 11.3. The predicted molar refractivity (Wildman–Crippen MR) is 199 cm³/mol. The lowest BCUT2D eigenvalue weighted by Gasteiger charge is -2.36. The van der Waals surface area contributed by atoms with E-state index in [1.54, 1.807) is 12.0 Å². The first-order chi connectivity index (χ1) is 24.4. The van der Waals surface area contributed by atoms with Crippen molar-refractivity contribution in [3.05, 3.63) is 53.1 Å². The van der Waals surface area contributed by atoms with Crippen LogP contribution in [0.15, 0.2) is 36.4 Å². The number of amides is 2. The Balaban J connectivity index is 1.08. The Kier molecular flexibility index (Phi) is 9.79. The smallest absolute Gasteiger partial charge is 0.410 e. The Morgan fingerprint density at radius 3 is 2.47 bits per heavy atom. The molecule has 2 aromatic carbocycles. The van der Waals surface area contributed by atoms with Gasteiger partial charge in [0.1, 0.15) is 11.4 Å². The van der Waals surface area contributed by atoms with Crippen LogP contribution in [0, 0.1) is 5.41 Å². The first-order valence-corrected chi connectivity index (χ1v) is 19.1. The number of aromatic nitrogens is 1. The summed E-state index contributed by atoms with van der Waals surface area (Å²) in [5.41, 5.74) is 4.64. The minimum Gasteiger partial charge on any atom is -0.497 e. The molecule has 51 heavy (non-hydrogen) atoms. The Morgan fingerprint density at radius 1 is 1.04 bits per heavy atom. The van der Waals surface area contributed by atoms with Crippen molar-refractivity contribution in [2.45, 2.75) is 83.3 Å². The van der Waals surface area contributed by atoms with Crippen LogP contribution in [0.2, 0.25) is 0 Å². The molecule has 1 saturated heterocycles. The van der Waals surface area contributed by atoms with Crippen LogP contribution in [0.1, 0.15) is 92.6 Å². The fraction of sp³-hybridized carbons (Fsp3) is 0.564. The zero-order valence-electron chi connectivity index (χ0n) is 30.5. The number of piperazine rings is 1. The SMILES string of the molecule is COc1ccc2c(c1)C1CC1(C(=O)O)Cn1c-2c(C2CCCCC2)c2ccc(C(=O)NSN(C)CCN3CCN(C(=O)OC(C)(C)C)CC3)cc21. The first-order valence-electron chi connectivity index (χ1n) is 18.3.